The molecule has 0 radical (unpaired) electrons. The molecule has 0 saturated carbocycles. The smallest absolute Gasteiger partial charge is 0.127 e. The Bertz CT molecular complexity index is 494. The summed E-state index contributed by atoms with van der Waals surface area (Å²) in [7, 11) is 1.69. The number of nitrogens with one attached hydrogen (secondary N) is 1. The zero-order chi connectivity index (χ0) is 14.4. The van der Waals surface area contributed by atoms with Crippen molar-refractivity contribution < 1.29 is 9.47 Å². The fraction of sp³-hybridized carbons (Fsp3) is 0.562. The van der Waals surface area contributed by atoms with Crippen LogP contribution in [0.25, 0.3) is 0 Å². The first-order valence-electron chi connectivity index (χ1n) is 7.18. The van der Waals surface area contributed by atoms with Crippen molar-refractivity contribution in [2.45, 2.75) is 45.3 Å². The molecule has 1 heterocycles. The van der Waals surface area contributed by atoms with Crippen LogP contribution in [0.5, 0.6) is 11.5 Å². The van der Waals surface area contributed by atoms with E-state index in [9.17, 15) is 0 Å². The molecule has 0 saturated heterocycles. The zero-order valence-electron chi connectivity index (χ0n) is 12.2. The minimum absolute atomic E-state index is 0.242. The molecule has 0 aromatic heterocycles. The molecule has 0 bridgehead atoms. The lowest BCUT2D eigenvalue weighted by Gasteiger charge is -2.12. The molecule has 4 heteroatoms. The summed E-state index contributed by atoms with van der Waals surface area (Å²) < 4.78 is 11.2. The van der Waals surface area contributed by atoms with E-state index >= 15 is 0 Å². The van der Waals surface area contributed by atoms with Gasteiger partial charge in [0.05, 0.1) is 13.2 Å². The first-order valence-corrected chi connectivity index (χ1v) is 7.18. The molecule has 1 N–H and O–H groups in total. The van der Waals surface area contributed by atoms with Gasteiger partial charge in [0.2, 0.25) is 0 Å². The first kappa shape index (κ1) is 14.7. The molecule has 4 nitrogen and oxygen atoms in total. The average molecular weight is 274 g/mol. The van der Waals surface area contributed by atoms with E-state index in [1.807, 2.05) is 6.07 Å². The van der Waals surface area contributed by atoms with Gasteiger partial charge in [0.1, 0.15) is 17.6 Å². The highest BCUT2D eigenvalue weighted by molar-refractivity contribution is 5.49. The molecule has 1 unspecified atom stereocenters. The topological polar surface area (TPSA) is 54.3 Å². The SMILES string of the molecule is COc1cc(CNCCCCC#N)c2c(c1)CC(C)O2. The van der Waals surface area contributed by atoms with Crippen molar-refractivity contribution in [1.29, 1.82) is 5.26 Å². The summed E-state index contributed by atoms with van der Waals surface area (Å²) in [4.78, 5) is 0. The van der Waals surface area contributed by atoms with Gasteiger partial charge in [0.25, 0.3) is 0 Å². The van der Waals surface area contributed by atoms with Crippen molar-refractivity contribution in [2.24, 2.45) is 0 Å². The lowest BCUT2D eigenvalue weighted by atomic mass is 10.1. The highest BCUT2D eigenvalue weighted by Crippen LogP contribution is 2.36. The summed E-state index contributed by atoms with van der Waals surface area (Å²) in [6, 6.07) is 6.27. The van der Waals surface area contributed by atoms with E-state index in [1.54, 1.807) is 7.11 Å². The van der Waals surface area contributed by atoms with Crippen LogP contribution >= 0.6 is 0 Å². The van der Waals surface area contributed by atoms with Crippen LogP contribution in [0.2, 0.25) is 0 Å². The largest absolute Gasteiger partial charge is 0.497 e. The fourth-order valence-corrected chi connectivity index (χ4v) is 2.50. The Kier molecular flexibility index (Phi) is 5.25. The lowest BCUT2D eigenvalue weighted by Crippen LogP contribution is -2.15. The molecule has 1 atom stereocenters. The number of nitriles is 1. The van der Waals surface area contributed by atoms with E-state index in [0.29, 0.717) is 6.42 Å². The second kappa shape index (κ2) is 7.16. The van der Waals surface area contributed by atoms with E-state index in [-0.39, 0.29) is 6.10 Å². The van der Waals surface area contributed by atoms with Crippen LogP contribution in [0.4, 0.5) is 0 Å². The summed E-state index contributed by atoms with van der Waals surface area (Å²) in [6.45, 7) is 3.79. The van der Waals surface area contributed by atoms with Gasteiger partial charge in [-0.05, 0) is 38.4 Å². The minimum Gasteiger partial charge on any atom is -0.497 e. The van der Waals surface area contributed by atoms with Gasteiger partial charge in [-0.1, -0.05) is 0 Å². The molecule has 20 heavy (non-hydrogen) atoms. The molecular formula is C16H22N2O2. The van der Waals surface area contributed by atoms with Crippen LogP contribution in [0, 0.1) is 11.3 Å². The van der Waals surface area contributed by atoms with E-state index in [4.69, 9.17) is 14.7 Å². The highest BCUT2D eigenvalue weighted by atomic mass is 16.5. The number of unbranched alkanes of at least 4 members (excludes halogenated alkanes) is 2. The van der Waals surface area contributed by atoms with Crippen molar-refractivity contribution in [1.82, 2.24) is 5.32 Å². The van der Waals surface area contributed by atoms with Gasteiger partial charge in [0, 0.05) is 30.5 Å². The van der Waals surface area contributed by atoms with Gasteiger partial charge in [-0.15, -0.1) is 0 Å². The van der Waals surface area contributed by atoms with Gasteiger partial charge in [-0.3, -0.25) is 0 Å². The van der Waals surface area contributed by atoms with Crippen LogP contribution in [-0.2, 0) is 13.0 Å². The summed E-state index contributed by atoms with van der Waals surface area (Å²) in [5.41, 5.74) is 2.39. The van der Waals surface area contributed by atoms with Crippen LogP contribution in [0.1, 0.15) is 37.3 Å². The third kappa shape index (κ3) is 3.64. The minimum atomic E-state index is 0.242. The predicted octanol–water partition coefficient (Wildman–Crippen LogP) is 2.80. The van der Waals surface area contributed by atoms with Crippen LogP contribution in [0.15, 0.2) is 12.1 Å². The number of ether oxygens (including phenoxy) is 2. The van der Waals surface area contributed by atoms with E-state index in [0.717, 1.165) is 49.4 Å². The zero-order valence-corrected chi connectivity index (χ0v) is 12.2. The van der Waals surface area contributed by atoms with Gasteiger partial charge in [-0.25, -0.2) is 0 Å². The molecule has 0 aliphatic carbocycles. The Morgan fingerprint density at radius 2 is 2.30 bits per heavy atom. The summed E-state index contributed by atoms with van der Waals surface area (Å²) >= 11 is 0. The maximum absolute atomic E-state index is 8.49. The molecule has 0 fully saturated rings. The van der Waals surface area contributed by atoms with Crippen molar-refractivity contribution in [3.05, 3.63) is 23.3 Å². The first-order chi connectivity index (χ1) is 9.74. The lowest BCUT2D eigenvalue weighted by molar-refractivity contribution is 0.252. The molecule has 1 aromatic rings. The van der Waals surface area contributed by atoms with Crippen LogP contribution in [0.3, 0.4) is 0 Å². The predicted molar refractivity (Wildman–Crippen MR) is 78.0 cm³/mol. The van der Waals surface area contributed by atoms with Crippen LogP contribution in [-0.4, -0.2) is 19.8 Å². The number of nitrogens with zero attached hydrogens (tertiary/aromatic N) is 1. The third-order valence-corrected chi connectivity index (χ3v) is 3.49. The van der Waals surface area contributed by atoms with Crippen LogP contribution < -0.4 is 14.8 Å². The quantitative estimate of drug-likeness (QED) is 0.777. The summed E-state index contributed by atoms with van der Waals surface area (Å²) in [6.07, 6.45) is 3.80. The standard InChI is InChI=1S/C16H22N2O2/c1-12-8-13-9-15(19-2)10-14(16(13)20-12)11-18-7-5-3-4-6-17/h9-10,12,18H,3-5,7-8,11H2,1-2H3. The molecule has 2 rings (SSSR count). The van der Waals surface area contributed by atoms with E-state index < -0.39 is 0 Å². The van der Waals surface area contributed by atoms with Gasteiger partial charge in [-0.2, -0.15) is 5.26 Å². The third-order valence-electron chi connectivity index (χ3n) is 3.49. The van der Waals surface area contributed by atoms with Gasteiger partial charge in [0.15, 0.2) is 0 Å². The van der Waals surface area contributed by atoms with Crippen molar-refractivity contribution in [3.8, 4) is 17.6 Å². The molecule has 0 spiro atoms. The number of benzene rings is 1. The van der Waals surface area contributed by atoms with Crippen molar-refractivity contribution in [3.63, 3.8) is 0 Å². The highest BCUT2D eigenvalue weighted by Gasteiger charge is 2.23. The average Bonchev–Trinajstić information content (AvgIpc) is 2.82. The number of methoxy groups -OCH3 is 1. The molecule has 1 aromatic carbocycles. The van der Waals surface area contributed by atoms with Crippen molar-refractivity contribution >= 4 is 0 Å². The normalized spacial score (nSPS) is 16.4. The van der Waals surface area contributed by atoms with Gasteiger partial charge >= 0.3 is 0 Å². The second-order valence-corrected chi connectivity index (χ2v) is 5.20. The number of rotatable bonds is 7. The summed E-state index contributed by atoms with van der Waals surface area (Å²) in [5, 5.41) is 11.9. The monoisotopic (exact) mass is 274 g/mol. The molecular weight excluding hydrogens is 252 g/mol. The Labute approximate surface area is 120 Å². The van der Waals surface area contributed by atoms with E-state index in [1.165, 1.54) is 5.56 Å². The molecule has 108 valence electrons. The number of hydrogen-bond acceptors (Lipinski definition) is 4. The second-order valence-electron chi connectivity index (χ2n) is 5.20. The Morgan fingerprint density at radius 1 is 1.45 bits per heavy atom. The summed E-state index contributed by atoms with van der Waals surface area (Å²) in [5.74, 6) is 1.91. The Hall–Kier alpha value is -1.73. The number of fused-ring (bicyclic) bond motifs is 1. The fourth-order valence-electron chi connectivity index (χ4n) is 2.50. The Morgan fingerprint density at radius 3 is 3.05 bits per heavy atom. The van der Waals surface area contributed by atoms with Crippen molar-refractivity contribution in [2.75, 3.05) is 13.7 Å². The number of hydrogen-bond donors (Lipinski definition) is 1. The Balaban J connectivity index is 1.94. The molecule has 1 aliphatic heterocycles. The molecule has 1 aliphatic rings. The van der Waals surface area contributed by atoms with E-state index in [2.05, 4.69) is 24.4 Å². The maximum atomic E-state index is 8.49. The molecule has 0 amide bonds. The van der Waals surface area contributed by atoms with Gasteiger partial charge < -0.3 is 14.8 Å². The maximum Gasteiger partial charge on any atom is 0.127 e.